The molecule has 0 N–H and O–H groups in total. The molecule has 1 fully saturated rings. The van der Waals surface area contributed by atoms with Crippen LogP contribution in [-0.2, 0) is 9.53 Å². The smallest absolute Gasteiger partial charge is 0.312 e. The lowest BCUT2D eigenvalue weighted by Crippen LogP contribution is -2.44. The average Bonchev–Trinajstić information content (AvgIpc) is 2.67. The van der Waals surface area contributed by atoms with Gasteiger partial charge in [-0.05, 0) is 12.1 Å². The van der Waals surface area contributed by atoms with Gasteiger partial charge in [0.2, 0.25) is 6.10 Å². The number of amides is 1. The zero-order valence-electron chi connectivity index (χ0n) is 13.8. The average molecular weight is 377 g/mol. The molecule has 3 rings (SSSR count). The minimum atomic E-state index is -0.992. The first kappa shape index (κ1) is 18.2. The highest BCUT2D eigenvalue weighted by Gasteiger charge is 2.31. The largest absolute Gasteiger partial charge is 0.469 e. The van der Waals surface area contributed by atoms with Gasteiger partial charge < -0.3 is 14.4 Å². The van der Waals surface area contributed by atoms with Gasteiger partial charge in [-0.25, -0.2) is 0 Å². The van der Waals surface area contributed by atoms with E-state index in [1.54, 1.807) is 29.2 Å². The number of hydrogen-bond acceptors (Lipinski definition) is 5. The lowest BCUT2D eigenvalue weighted by molar-refractivity contribution is -0.386. The first-order chi connectivity index (χ1) is 12.6. The maximum absolute atomic E-state index is 13.0. The first-order valence-electron chi connectivity index (χ1n) is 8.08. The van der Waals surface area contributed by atoms with Crippen LogP contribution in [0.5, 0.6) is 5.75 Å². The summed E-state index contributed by atoms with van der Waals surface area (Å²) in [6, 6.07) is 13.0. The van der Waals surface area contributed by atoms with E-state index in [9.17, 15) is 14.9 Å². The van der Waals surface area contributed by atoms with Crippen molar-refractivity contribution < 1.29 is 19.2 Å². The summed E-state index contributed by atoms with van der Waals surface area (Å²) in [7, 11) is 0. The van der Waals surface area contributed by atoms with Crippen LogP contribution in [0.4, 0.5) is 5.69 Å². The van der Waals surface area contributed by atoms with E-state index in [1.165, 1.54) is 18.2 Å². The Kier molecular flexibility index (Phi) is 5.70. The number of benzene rings is 2. The number of hydrogen-bond donors (Lipinski definition) is 0. The Morgan fingerprint density at radius 1 is 1.19 bits per heavy atom. The van der Waals surface area contributed by atoms with E-state index in [-0.39, 0.29) is 22.4 Å². The van der Waals surface area contributed by atoms with Crippen LogP contribution in [0.3, 0.4) is 0 Å². The number of nitro groups is 1. The van der Waals surface area contributed by atoms with Crippen LogP contribution in [0.15, 0.2) is 48.5 Å². The molecular formula is C18H17ClN2O5. The Hall–Kier alpha value is -2.64. The molecule has 0 aromatic heterocycles. The van der Waals surface area contributed by atoms with Crippen LogP contribution in [0.25, 0.3) is 0 Å². The summed E-state index contributed by atoms with van der Waals surface area (Å²) < 4.78 is 11.1. The number of carbonyl (C=O) groups excluding carboxylic acids is 1. The second kappa shape index (κ2) is 8.16. The maximum atomic E-state index is 13.0. The zero-order chi connectivity index (χ0) is 18.5. The van der Waals surface area contributed by atoms with Gasteiger partial charge in [0.15, 0.2) is 5.75 Å². The van der Waals surface area contributed by atoms with E-state index in [4.69, 9.17) is 21.1 Å². The van der Waals surface area contributed by atoms with Crippen LogP contribution >= 0.6 is 11.6 Å². The van der Waals surface area contributed by atoms with Crippen molar-refractivity contribution in [2.45, 2.75) is 6.10 Å². The Labute approximate surface area is 155 Å². The quantitative estimate of drug-likeness (QED) is 0.591. The molecule has 7 nitrogen and oxygen atoms in total. The molecule has 1 aliphatic rings. The number of morpholine rings is 1. The predicted octanol–water partition coefficient (Wildman–Crippen LogP) is 3.23. The van der Waals surface area contributed by atoms with E-state index in [1.807, 2.05) is 6.07 Å². The third kappa shape index (κ3) is 4.12. The minimum Gasteiger partial charge on any atom is -0.469 e. The van der Waals surface area contributed by atoms with Crippen LogP contribution in [-0.4, -0.2) is 42.0 Å². The van der Waals surface area contributed by atoms with Crippen LogP contribution < -0.4 is 4.74 Å². The maximum Gasteiger partial charge on any atom is 0.312 e. The van der Waals surface area contributed by atoms with Gasteiger partial charge in [0.25, 0.3) is 5.91 Å². The van der Waals surface area contributed by atoms with Crippen molar-refractivity contribution >= 4 is 23.2 Å². The summed E-state index contributed by atoms with van der Waals surface area (Å²) in [5.41, 5.74) is 0.335. The summed E-state index contributed by atoms with van der Waals surface area (Å²) in [6.45, 7) is 1.81. The van der Waals surface area contributed by atoms with Crippen molar-refractivity contribution in [3.63, 3.8) is 0 Å². The SMILES string of the molecule is O=C([C@@H](Oc1ccc(Cl)cc1[N+](=O)[O-])c1ccccc1)N1CCOCC1. The van der Waals surface area contributed by atoms with Crippen molar-refractivity contribution in [3.8, 4) is 5.75 Å². The molecule has 8 heteroatoms. The monoisotopic (exact) mass is 376 g/mol. The normalized spacial score (nSPS) is 15.3. The molecule has 1 atom stereocenters. The Balaban J connectivity index is 1.94. The molecular weight excluding hydrogens is 360 g/mol. The number of halogens is 1. The van der Waals surface area contributed by atoms with Gasteiger partial charge in [-0.2, -0.15) is 0 Å². The van der Waals surface area contributed by atoms with Crippen molar-refractivity contribution in [1.29, 1.82) is 0 Å². The molecule has 0 spiro atoms. The molecule has 1 aliphatic heterocycles. The molecule has 2 aromatic carbocycles. The van der Waals surface area contributed by atoms with Crippen molar-refractivity contribution in [1.82, 2.24) is 4.90 Å². The molecule has 136 valence electrons. The molecule has 2 aromatic rings. The molecule has 0 saturated carbocycles. The summed E-state index contributed by atoms with van der Waals surface area (Å²) >= 11 is 5.85. The summed E-state index contributed by atoms with van der Waals surface area (Å²) in [5.74, 6) is -0.265. The number of nitro benzene ring substituents is 1. The lowest BCUT2D eigenvalue weighted by atomic mass is 10.1. The minimum absolute atomic E-state index is 0.00476. The topological polar surface area (TPSA) is 81.9 Å². The zero-order valence-corrected chi connectivity index (χ0v) is 14.6. The van der Waals surface area contributed by atoms with Gasteiger partial charge in [0, 0.05) is 29.7 Å². The third-order valence-electron chi connectivity index (χ3n) is 4.01. The standard InChI is InChI=1S/C18H17ClN2O5/c19-14-6-7-16(15(12-14)21(23)24)26-17(13-4-2-1-3-5-13)18(22)20-8-10-25-11-9-20/h1-7,12,17H,8-11H2/t17-/m0/s1. The highest BCUT2D eigenvalue weighted by Crippen LogP contribution is 2.34. The molecule has 0 unspecified atom stereocenters. The molecule has 0 bridgehead atoms. The van der Waals surface area contributed by atoms with Gasteiger partial charge in [0.1, 0.15) is 0 Å². The molecule has 26 heavy (non-hydrogen) atoms. The summed E-state index contributed by atoms with van der Waals surface area (Å²) in [4.78, 5) is 25.4. The molecule has 1 amide bonds. The Morgan fingerprint density at radius 2 is 1.88 bits per heavy atom. The van der Waals surface area contributed by atoms with E-state index in [2.05, 4.69) is 0 Å². The summed E-state index contributed by atoms with van der Waals surface area (Å²) in [6.07, 6.45) is -0.992. The van der Waals surface area contributed by atoms with Gasteiger partial charge >= 0.3 is 5.69 Å². The van der Waals surface area contributed by atoms with Gasteiger partial charge in [-0.3, -0.25) is 14.9 Å². The van der Waals surface area contributed by atoms with Crippen LogP contribution in [0.1, 0.15) is 11.7 Å². The fourth-order valence-electron chi connectivity index (χ4n) is 2.70. The number of nitrogens with zero attached hydrogens (tertiary/aromatic N) is 2. The molecule has 0 radical (unpaired) electrons. The number of carbonyl (C=O) groups is 1. The fraction of sp³-hybridized carbons (Fsp3) is 0.278. The van der Waals surface area contributed by atoms with Crippen molar-refractivity contribution in [2.24, 2.45) is 0 Å². The first-order valence-corrected chi connectivity index (χ1v) is 8.46. The van der Waals surface area contributed by atoms with E-state index < -0.39 is 11.0 Å². The molecule has 1 heterocycles. The number of rotatable bonds is 5. The second-order valence-electron chi connectivity index (χ2n) is 5.72. The van der Waals surface area contributed by atoms with E-state index >= 15 is 0 Å². The summed E-state index contributed by atoms with van der Waals surface area (Å²) in [5, 5.41) is 11.5. The van der Waals surface area contributed by atoms with Crippen molar-refractivity contribution in [2.75, 3.05) is 26.3 Å². The van der Waals surface area contributed by atoms with E-state index in [0.29, 0.717) is 31.9 Å². The van der Waals surface area contributed by atoms with Gasteiger partial charge in [-0.1, -0.05) is 41.9 Å². The van der Waals surface area contributed by atoms with Crippen LogP contribution in [0, 0.1) is 10.1 Å². The van der Waals surface area contributed by atoms with Crippen molar-refractivity contribution in [3.05, 3.63) is 69.2 Å². The van der Waals surface area contributed by atoms with Gasteiger partial charge in [-0.15, -0.1) is 0 Å². The fourth-order valence-corrected chi connectivity index (χ4v) is 2.86. The molecule has 1 saturated heterocycles. The lowest BCUT2D eigenvalue weighted by Gasteiger charge is -2.30. The highest BCUT2D eigenvalue weighted by atomic mass is 35.5. The third-order valence-corrected chi connectivity index (χ3v) is 4.25. The highest BCUT2D eigenvalue weighted by molar-refractivity contribution is 6.30. The van der Waals surface area contributed by atoms with Crippen LogP contribution in [0.2, 0.25) is 5.02 Å². The second-order valence-corrected chi connectivity index (χ2v) is 6.15. The Morgan fingerprint density at radius 3 is 2.54 bits per heavy atom. The predicted molar refractivity (Wildman–Crippen MR) is 95.3 cm³/mol. The Bertz CT molecular complexity index is 793. The number of ether oxygens (including phenoxy) is 2. The molecule has 0 aliphatic carbocycles. The van der Waals surface area contributed by atoms with E-state index in [0.717, 1.165) is 0 Å². The van der Waals surface area contributed by atoms with Gasteiger partial charge in [0.05, 0.1) is 18.1 Å².